The lowest BCUT2D eigenvalue weighted by Crippen LogP contribution is -2.05. The van der Waals surface area contributed by atoms with E-state index in [0.717, 1.165) is 0 Å². The normalized spacial score (nSPS) is 17.7. The molecule has 0 heterocycles. The number of hydrogen-bond donors (Lipinski definition) is 0. The monoisotopic (exact) mass is 128 g/mol. The maximum Gasteiger partial charge on any atom is 0.124 e. The van der Waals surface area contributed by atoms with Gasteiger partial charge in [-0.2, -0.15) is 0 Å². The second-order valence-electron chi connectivity index (χ2n) is 2.07. The van der Waals surface area contributed by atoms with Gasteiger partial charge in [0, 0.05) is 5.92 Å². The third kappa shape index (κ3) is 3.07. The number of allylic oxidation sites excluding steroid dienone is 3. The Balaban J connectivity index is 3.71. The molecule has 0 saturated carbocycles. The summed E-state index contributed by atoms with van der Waals surface area (Å²) in [5, 5.41) is 0. The van der Waals surface area contributed by atoms with E-state index in [2.05, 4.69) is 6.58 Å². The fourth-order valence-electron chi connectivity index (χ4n) is 0.489. The van der Waals surface area contributed by atoms with Crippen LogP contribution in [-0.2, 0) is 0 Å². The van der Waals surface area contributed by atoms with Gasteiger partial charge < -0.3 is 0 Å². The van der Waals surface area contributed by atoms with Crippen LogP contribution in [0.4, 0.5) is 4.39 Å². The van der Waals surface area contributed by atoms with Crippen LogP contribution in [0.15, 0.2) is 24.8 Å². The van der Waals surface area contributed by atoms with Gasteiger partial charge in [-0.15, -0.1) is 6.58 Å². The molecule has 0 radical (unpaired) electrons. The number of halogens is 1. The van der Waals surface area contributed by atoms with Crippen molar-refractivity contribution in [3.8, 4) is 0 Å². The van der Waals surface area contributed by atoms with E-state index in [0.29, 0.717) is 0 Å². The van der Waals surface area contributed by atoms with E-state index in [9.17, 15) is 4.39 Å². The highest BCUT2D eigenvalue weighted by atomic mass is 19.1. The highest BCUT2D eigenvalue weighted by Crippen LogP contribution is 2.08. The van der Waals surface area contributed by atoms with Crippen LogP contribution in [0.1, 0.15) is 13.8 Å². The maximum atomic E-state index is 12.6. The summed E-state index contributed by atoms with van der Waals surface area (Å²) in [6, 6.07) is 0. The molecule has 0 amide bonds. The van der Waals surface area contributed by atoms with Crippen LogP contribution >= 0.6 is 0 Å². The predicted molar refractivity (Wildman–Crippen MR) is 39.1 cm³/mol. The fourth-order valence-corrected chi connectivity index (χ4v) is 0.489. The molecule has 0 spiro atoms. The Morgan fingerprint density at radius 2 is 2.11 bits per heavy atom. The molecular weight excluding hydrogens is 115 g/mol. The fraction of sp³-hybridized carbons (Fsp3) is 0.500. The summed E-state index contributed by atoms with van der Waals surface area (Å²) in [6.07, 6.45) is 3.99. The van der Waals surface area contributed by atoms with Gasteiger partial charge in [0.05, 0.1) is 0 Å². The Labute approximate surface area is 56.1 Å². The van der Waals surface area contributed by atoms with Gasteiger partial charge in [-0.25, -0.2) is 4.39 Å². The van der Waals surface area contributed by atoms with Crippen molar-refractivity contribution in [2.45, 2.75) is 20.0 Å². The quantitative estimate of drug-likeness (QED) is 0.513. The van der Waals surface area contributed by atoms with Gasteiger partial charge >= 0.3 is 0 Å². The number of alkyl halides is 1. The molecule has 0 nitrogen and oxygen atoms in total. The lowest BCUT2D eigenvalue weighted by Gasteiger charge is -2.05. The number of rotatable bonds is 3. The minimum absolute atomic E-state index is 0.0683. The molecule has 0 aliphatic rings. The summed E-state index contributed by atoms with van der Waals surface area (Å²) in [4.78, 5) is 0. The first-order valence-corrected chi connectivity index (χ1v) is 3.11. The summed E-state index contributed by atoms with van der Waals surface area (Å²) >= 11 is 0. The van der Waals surface area contributed by atoms with E-state index in [-0.39, 0.29) is 5.92 Å². The first-order valence-electron chi connectivity index (χ1n) is 3.11. The van der Waals surface area contributed by atoms with E-state index in [4.69, 9.17) is 0 Å². The van der Waals surface area contributed by atoms with E-state index >= 15 is 0 Å². The van der Waals surface area contributed by atoms with Crippen LogP contribution in [0.5, 0.6) is 0 Å². The zero-order valence-electron chi connectivity index (χ0n) is 5.97. The van der Waals surface area contributed by atoms with Crippen LogP contribution in [0, 0.1) is 5.92 Å². The molecule has 0 aromatic rings. The van der Waals surface area contributed by atoms with Crippen molar-refractivity contribution in [1.82, 2.24) is 0 Å². The van der Waals surface area contributed by atoms with Crippen molar-refractivity contribution in [1.29, 1.82) is 0 Å². The zero-order chi connectivity index (χ0) is 7.28. The first kappa shape index (κ1) is 8.41. The molecule has 0 bridgehead atoms. The summed E-state index contributed by atoms with van der Waals surface area (Å²) < 4.78 is 12.6. The lowest BCUT2D eigenvalue weighted by molar-refractivity contribution is 0.336. The Morgan fingerprint density at radius 1 is 1.56 bits per heavy atom. The molecule has 2 atom stereocenters. The molecule has 0 aliphatic carbocycles. The van der Waals surface area contributed by atoms with Gasteiger partial charge in [0.15, 0.2) is 0 Å². The molecule has 1 heteroatoms. The third-order valence-corrected chi connectivity index (χ3v) is 1.25. The van der Waals surface area contributed by atoms with Gasteiger partial charge in [-0.3, -0.25) is 0 Å². The molecule has 0 aromatic carbocycles. The van der Waals surface area contributed by atoms with Crippen molar-refractivity contribution in [3.05, 3.63) is 24.8 Å². The third-order valence-electron chi connectivity index (χ3n) is 1.25. The van der Waals surface area contributed by atoms with Gasteiger partial charge in [0.2, 0.25) is 0 Å². The van der Waals surface area contributed by atoms with Crippen molar-refractivity contribution in [3.63, 3.8) is 0 Å². The highest BCUT2D eigenvalue weighted by Gasteiger charge is 2.06. The first-order chi connectivity index (χ1) is 4.22. The highest BCUT2D eigenvalue weighted by molar-refractivity contribution is 4.94. The standard InChI is InChI=1S/C8H13F/c1-4-6-8(9)7(3)5-2/h4-8H,2H2,1,3H3/b6-4-. The van der Waals surface area contributed by atoms with Gasteiger partial charge in [0.1, 0.15) is 6.17 Å². The van der Waals surface area contributed by atoms with Crippen molar-refractivity contribution < 1.29 is 4.39 Å². The van der Waals surface area contributed by atoms with E-state index in [1.54, 1.807) is 19.1 Å². The van der Waals surface area contributed by atoms with E-state index in [1.807, 2.05) is 6.92 Å². The van der Waals surface area contributed by atoms with Crippen LogP contribution in [0.25, 0.3) is 0 Å². The van der Waals surface area contributed by atoms with E-state index in [1.165, 1.54) is 6.08 Å². The topological polar surface area (TPSA) is 0 Å². The molecule has 0 aromatic heterocycles. The summed E-state index contributed by atoms with van der Waals surface area (Å²) in [6.45, 7) is 7.10. The minimum Gasteiger partial charge on any atom is -0.242 e. The molecule has 0 N–H and O–H groups in total. The molecule has 0 fully saturated rings. The van der Waals surface area contributed by atoms with Crippen LogP contribution in [0.2, 0.25) is 0 Å². The van der Waals surface area contributed by atoms with Crippen LogP contribution in [-0.4, -0.2) is 6.17 Å². The molecule has 2 unspecified atom stereocenters. The summed E-state index contributed by atoms with van der Waals surface area (Å²) in [5.74, 6) is -0.0683. The van der Waals surface area contributed by atoms with Crippen LogP contribution in [0.3, 0.4) is 0 Å². The zero-order valence-corrected chi connectivity index (χ0v) is 5.97. The Morgan fingerprint density at radius 3 is 2.44 bits per heavy atom. The van der Waals surface area contributed by atoms with Crippen molar-refractivity contribution in [2.75, 3.05) is 0 Å². The summed E-state index contributed by atoms with van der Waals surface area (Å²) in [7, 11) is 0. The second kappa shape index (κ2) is 4.30. The second-order valence-corrected chi connectivity index (χ2v) is 2.07. The average molecular weight is 128 g/mol. The molecule has 0 rings (SSSR count). The SMILES string of the molecule is C=CC(C)C(F)/C=C\C. The van der Waals surface area contributed by atoms with Crippen LogP contribution < -0.4 is 0 Å². The van der Waals surface area contributed by atoms with Gasteiger partial charge in [0.25, 0.3) is 0 Å². The van der Waals surface area contributed by atoms with Gasteiger partial charge in [-0.05, 0) is 6.92 Å². The largest absolute Gasteiger partial charge is 0.242 e. The smallest absolute Gasteiger partial charge is 0.124 e. The molecular formula is C8H13F. The maximum absolute atomic E-state index is 12.6. The Bertz CT molecular complexity index is 105. The molecule has 52 valence electrons. The Kier molecular flexibility index (Phi) is 4.02. The Hall–Kier alpha value is -0.590. The lowest BCUT2D eigenvalue weighted by atomic mass is 10.1. The summed E-state index contributed by atoms with van der Waals surface area (Å²) in [5.41, 5.74) is 0. The van der Waals surface area contributed by atoms with E-state index < -0.39 is 6.17 Å². The predicted octanol–water partition coefficient (Wildman–Crippen LogP) is 2.72. The van der Waals surface area contributed by atoms with Crippen molar-refractivity contribution in [2.24, 2.45) is 5.92 Å². The minimum atomic E-state index is -0.868. The van der Waals surface area contributed by atoms with Gasteiger partial charge in [-0.1, -0.05) is 25.2 Å². The molecule has 9 heavy (non-hydrogen) atoms. The number of hydrogen-bond acceptors (Lipinski definition) is 0. The molecule has 0 saturated heterocycles. The van der Waals surface area contributed by atoms with Crippen molar-refractivity contribution >= 4 is 0 Å². The molecule has 0 aliphatic heterocycles. The average Bonchev–Trinajstić information content (AvgIpc) is 1.87.